The van der Waals surface area contributed by atoms with Crippen molar-refractivity contribution in [2.45, 2.75) is 89.9 Å². The lowest BCUT2D eigenvalue weighted by Gasteiger charge is -2.35. The van der Waals surface area contributed by atoms with Crippen LogP contribution in [0.3, 0.4) is 0 Å². The van der Waals surface area contributed by atoms with Crippen molar-refractivity contribution in [2.75, 3.05) is 19.8 Å². The minimum atomic E-state index is -2.83. The van der Waals surface area contributed by atoms with Crippen LogP contribution in [-0.2, 0) is 13.3 Å². The van der Waals surface area contributed by atoms with Crippen molar-refractivity contribution in [1.29, 1.82) is 0 Å². The number of benzene rings is 1. The SMILES string of the molecule is CCCCO[Si](OCCCC)(OCCCC)C(C)c1cccc(C(Br)CC)c1. The molecule has 1 aromatic rings. The molecule has 1 rings (SSSR count). The van der Waals surface area contributed by atoms with Gasteiger partial charge in [0.25, 0.3) is 0 Å². The zero-order valence-corrected chi connectivity index (χ0v) is 21.2. The predicted molar refractivity (Wildman–Crippen MR) is 125 cm³/mol. The Balaban J connectivity index is 3.15. The van der Waals surface area contributed by atoms with E-state index in [1.807, 2.05) is 0 Å². The molecular formula is C23H41BrO3Si. The molecule has 28 heavy (non-hydrogen) atoms. The Morgan fingerprint density at radius 3 is 1.71 bits per heavy atom. The van der Waals surface area contributed by atoms with Gasteiger partial charge in [-0.15, -0.1) is 0 Å². The molecule has 0 aromatic heterocycles. The first-order chi connectivity index (χ1) is 13.5. The van der Waals surface area contributed by atoms with Gasteiger partial charge in [0.05, 0.1) is 5.54 Å². The van der Waals surface area contributed by atoms with Gasteiger partial charge in [-0.1, -0.05) is 94.1 Å². The number of halogens is 1. The fourth-order valence-corrected chi connectivity index (χ4v) is 6.20. The van der Waals surface area contributed by atoms with Crippen LogP contribution in [0.15, 0.2) is 24.3 Å². The highest BCUT2D eigenvalue weighted by Gasteiger charge is 2.48. The topological polar surface area (TPSA) is 27.7 Å². The normalized spacial score (nSPS) is 14.2. The molecule has 5 heteroatoms. The van der Waals surface area contributed by atoms with E-state index in [9.17, 15) is 0 Å². The van der Waals surface area contributed by atoms with Crippen LogP contribution >= 0.6 is 15.9 Å². The lowest BCUT2D eigenvalue weighted by Crippen LogP contribution is -2.51. The Morgan fingerprint density at radius 1 is 0.821 bits per heavy atom. The maximum absolute atomic E-state index is 6.49. The van der Waals surface area contributed by atoms with E-state index in [-0.39, 0.29) is 5.54 Å². The molecule has 0 saturated heterocycles. The average molecular weight is 474 g/mol. The molecule has 0 heterocycles. The summed E-state index contributed by atoms with van der Waals surface area (Å²) in [7, 11) is -2.83. The second-order valence-electron chi connectivity index (χ2n) is 7.48. The summed E-state index contributed by atoms with van der Waals surface area (Å²) in [6.45, 7) is 13.1. The largest absolute Gasteiger partial charge is 0.508 e. The summed E-state index contributed by atoms with van der Waals surface area (Å²) in [5.74, 6) is 0. The number of alkyl halides is 1. The molecule has 0 N–H and O–H groups in total. The highest BCUT2D eigenvalue weighted by Crippen LogP contribution is 2.34. The molecule has 0 aliphatic carbocycles. The van der Waals surface area contributed by atoms with E-state index < -0.39 is 8.80 Å². The molecule has 3 nitrogen and oxygen atoms in total. The molecule has 2 unspecified atom stereocenters. The van der Waals surface area contributed by atoms with Gasteiger partial charge in [-0.3, -0.25) is 0 Å². The first-order valence-corrected chi connectivity index (χ1v) is 13.9. The summed E-state index contributed by atoms with van der Waals surface area (Å²) in [4.78, 5) is 0.374. The van der Waals surface area contributed by atoms with Gasteiger partial charge in [0, 0.05) is 24.6 Å². The van der Waals surface area contributed by atoms with Gasteiger partial charge < -0.3 is 13.3 Å². The third kappa shape index (κ3) is 8.27. The van der Waals surface area contributed by atoms with Crippen LogP contribution in [0.2, 0.25) is 0 Å². The van der Waals surface area contributed by atoms with Crippen LogP contribution in [0.4, 0.5) is 0 Å². The average Bonchev–Trinajstić information content (AvgIpc) is 2.72. The molecule has 2 atom stereocenters. The summed E-state index contributed by atoms with van der Waals surface area (Å²) >= 11 is 3.79. The number of unbranched alkanes of at least 4 members (excludes halogenated alkanes) is 3. The van der Waals surface area contributed by atoms with Crippen LogP contribution in [-0.4, -0.2) is 28.6 Å². The molecule has 0 fully saturated rings. The van der Waals surface area contributed by atoms with Crippen molar-refractivity contribution in [3.63, 3.8) is 0 Å². The summed E-state index contributed by atoms with van der Waals surface area (Å²) < 4.78 is 19.5. The monoisotopic (exact) mass is 472 g/mol. The van der Waals surface area contributed by atoms with Crippen LogP contribution < -0.4 is 0 Å². The van der Waals surface area contributed by atoms with Gasteiger partial charge in [0.15, 0.2) is 0 Å². The molecule has 0 aliphatic rings. The minimum Gasteiger partial charge on any atom is -0.373 e. The maximum Gasteiger partial charge on any atom is 0.508 e. The van der Waals surface area contributed by atoms with Gasteiger partial charge in [0.1, 0.15) is 0 Å². The fourth-order valence-electron chi connectivity index (χ4n) is 3.04. The van der Waals surface area contributed by atoms with E-state index in [0.29, 0.717) is 24.6 Å². The molecule has 0 bridgehead atoms. The minimum absolute atomic E-state index is 0.120. The molecule has 1 aromatic carbocycles. The van der Waals surface area contributed by atoms with E-state index in [1.54, 1.807) is 0 Å². The Labute approximate surface area is 183 Å². The van der Waals surface area contributed by atoms with Crippen molar-refractivity contribution >= 4 is 24.7 Å². The number of hydrogen-bond acceptors (Lipinski definition) is 3. The van der Waals surface area contributed by atoms with Crippen LogP contribution in [0, 0.1) is 0 Å². The van der Waals surface area contributed by atoms with Gasteiger partial charge in [-0.05, 0) is 36.8 Å². The third-order valence-electron chi connectivity index (χ3n) is 5.06. The van der Waals surface area contributed by atoms with E-state index in [4.69, 9.17) is 13.3 Å². The number of rotatable bonds is 16. The highest BCUT2D eigenvalue weighted by atomic mass is 79.9. The predicted octanol–water partition coefficient (Wildman–Crippen LogP) is 7.56. The van der Waals surface area contributed by atoms with Gasteiger partial charge in [0.2, 0.25) is 0 Å². The van der Waals surface area contributed by atoms with Crippen molar-refractivity contribution in [3.05, 3.63) is 35.4 Å². The maximum atomic E-state index is 6.49. The summed E-state index contributed by atoms with van der Waals surface area (Å²) in [6.07, 6.45) is 7.51. The zero-order chi connectivity index (χ0) is 20.8. The van der Waals surface area contributed by atoms with E-state index in [2.05, 4.69) is 74.8 Å². The molecule has 0 radical (unpaired) electrons. The lowest BCUT2D eigenvalue weighted by molar-refractivity contribution is 0.0488. The summed E-state index contributed by atoms with van der Waals surface area (Å²) in [5.41, 5.74) is 2.69. The summed E-state index contributed by atoms with van der Waals surface area (Å²) in [5, 5.41) is 0. The Hall–Kier alpha value is -0.203. The Morgan fingerprint density at radius 2 is 1.29 bits per heavy atom. The quantitative estimate of drug-likeness (QED) is 0.141. The zero-order valence-electron chi connectivity index (χ0n) is 18.6. The van der Waals surface area contributed by atoms with Gasteiger partial charge in [-0.25, -0.2) is 0 Å². The molecule has 162 valence electrons. The molecule has 0 saturated carbocycles. The second kappa shape index (κ2) is 14.7. The molecule has 0 aliphatic heterocycles. The standard InChI is InChI=1S/C23H41BrO3Si/c1-6-10-16-25-28(26-17-11-7-2,27-18-12-8-3)20(5)21-14-13-15-22(19-21)23(24)9-4/h13-15,19-20,23H,6-12,16-18H2,1-5H3. The highest BCUT2D eigenvalue weighted by molar-refractivity contribution is 9.09. The molecular weight excluding hydrogens is 432 g/mol. The molecule has 0 amide bonds. The van der Waals surface area contributed by atoms with Crippen molar-refractivity contribution in [1.82, 2.24) is 0 Å². The van der Waals surface area contributed by atoms with Gasteiger partial charge in [-0.2, -0.15) is 0 Å². The van der Waals surface area contributed by atoms with Crippen molar-refractivity contribution in [2.24, 2.45) is 0 Å². The van der Waals surface area contributed by atoms with Crippen LogP contribution in [0.5, 0.6) is 0 Å². The summed E-state index contributed by atoms with van der Waals surface area (Å²) in [6, 6.07) is 8.83. The van der Waals surface area contributed by atoms with Crippen molar-refractivity contribution in [3.8, 4) is 0 Å². The molecule has 0 spiro atoms. The first-order valence-electron chi connectivity index (χ1n) is 11.2. The van der Waals surface area contributed by atoms with E-state index >= 15 is 0 Å². The van der Waals surface area contributed by atoms with Gasteiger partial charge >= 0.3 is 8.80 Å². The first kappa shape index (κ1) is 25.8. The second-order valence-corrected chi connectivity index (χ2v) is 11.5. The van der Waals surface area contributed by atoms with Crippen molar-refractivity contribution < 1.29 is 13.3 Å². The van der Waals surface area contributed by atoms with Crippen LogP contribution in [0.25, 0.3) is 0 Å². The van der Waals surface area contributed by atoms with E-state index in [0.717, 1.165) is 44.9 Å². The fraction of sp³-hybridized carbons (Fsp3) is 0.739. The smallest absolute Gasteiger partial charge is 0.373 e. The third-order valence-corrected chi connectivity index (χ3v) is 9.45. The lowest BCUT2D eigenvalue weighted by atomic mass is 10.1. The number of hydrogen-bond donors (Lipinski definition) is 0. The Bertz CT molecular complexity index is 500. The van der Waals surface area contributed by atoms with Crippen LogP contribution in [0.1, 0.15) is 101 Å². The Kier molecular flexibility index (Phi) is 13.6. The van der Waals surface area contributed by atoms with E-state index in [1.165, 1.54) is 11.1 Å².